The van der Waals surface area contributed by atoms with Crippen molar-refractivity contribution in [3.63, 3.8) is 0 Å². The molecule has 2 aliphatic heterocycles. The number of rotatable bonds is 2. The zero-order chi connectivity index (χ0) is 14.2. The summed E-state index contributed by atoms with van der Waals surface area (Å²) in [6.07, 6.45) is 2.39. The minimum atomic E-state index is 0.553. The van der Waals surface area contributed by atoms with E-state index in [1.165, 1.54) is 24.9 Å². The Hall–Kier alpha value is -1.16. The third-order valence-corrected chi connectivity index (χ3v) is 6.01. The van der Waals surface area contributed by atoms with Crippen LogP contribution in [0.15, 0.2) is 29.6 Å². The number of hydrogen-bond donors (Lipinski definition) is 1. The predicted molar refractivity (Wildman–Crippen MR) is 88.7 cm³/mol. The lowest BCUT2D eigenvalue weighted by Crippen LogP contribution is -2.33. The summed E-state index contributed by atoms with van der Waals surface area (Å²) in [5, 5.41) is 5.73. The molecule has 2 aromatic rings. The molecule has 1 atom stereocenters. The molecule has 4 rings (SSSR count). The maximum atomic E-state index is 3.48. The van der Waals surface area contributed by atoms with E-state index in [4.69, 9.17) is 0 Å². The van der Waals surface area contributed by atoms with E-state index in [-0.39, 0.29) is 0 Å². The van der Waals surface area contributed by atoms with E-state index in [0.717, 1.165) is 19.6 Å². The molecule has 0 saturated heterocycles. The molecule has 0 saturated carbocycles. The first-order chi connectivity index (χ1) is 10.3. The Morgan fingerprint density at radius 2 is 2.24 bits per heavy atom. The summed E-state index contributed by atoms with van der Waals surface area (Å²) in [5.74, 6) is 0. The summed E-state index contributed by atoms with van der Waals surface area (Å²) >= 11 is 1.93. The van der Waals surface area contributed by atoms with Crippen LogP contribution in [-0.4, -0.2) is 18.0 Å². The lowest BCUT2D eigenvalue weighted by Gasteiger charge is -2.34. The van der Waals surface area contributed by atoms with Gasteiger partial charge in [0.15, 0.2) is 0 Å². The van der Waals surface area contributed by atoms with Crippen molar-refractivity contribution in [1.82, 2.24) is 10.2 Å². The van der Waals surface area contributed by atoms with Crippen molar-refractivity contribution in [2.45, 2.75) is 38.9 Å². The molecule has 1 aromatic heterocycles. The highest BCUT2D eigenvalue weighted by atomic mass is 32.1. The van der Waals surface area contributed by atoms with Crippen LogP contribution in [-0.2, 0) is 25.9 Å². The third kappa shape index (κ3) is 2.44. The average Bonchev–Trinajstić information content (AvgIpc) is 3.00. The van der Waals surface area contributed by atoms with Crippen LogP contribution in [0.2, 0.25) is 0 Å². The molecule has 0 aliphatic carbocycles. The monoisotopic (exact) mass is 298 g/mol. The standard InChI is InChI=1S/C18H22N2S/c1-13-16-7-10-21-18(16)6-9-20(13)12-15-4-2-3-14-11-19-8-5-17(14)15/h2-4,7,10,13,19H,5-6,8-9,11-12H2,1H3. The Kier molecular flexibility index (Phi) is 3.57. The van der Waals surface area contributed by atoms with Crippen molar-refractivity contribution in [2.24, 2.45) is 0 Å². The smallest absolute Gasteiger partial charge is 0.0334 e. The van der Waals surface area contributed by atoms with Crippen LogP contribution in [0.5, 0.6) is 0 Å². The van der Waals surface area contributed by atoms with Crippen LogP contribution in [0.25, 0.3) is 0 Å². The van der Waals surface area contributed by atoms with Gasteiger partial charge >= 0.3 is 0 Å². The molecule has 1 unspecified atom stereocenters. The van der Waals surface area contributed by atoms with Crippen LogP contribution in [0.1, 0.15) is 40.1 Å². The zero-order valence-electron chi connectivity index (χ0n) is 12.6. The lowest BCUT2D eigenvalue weighted by molar-refractivity contribution is 0.190. The van der Waals surface area contributed by atoms with E-state index in [1.807, 2.05) is 11.3 Å². The van der Waals surface area contributed by atoms with Gasteiger partial charge in [-0.1, -0.05) is 18.2 Å². The van der Waals surface area contributed by atoms with E-state index in [0.29, 0.717) is 6.04 Å². The molecule has 0 amide bonds. The van der Waals surface area contributed by atoms with Crippen LogP contribution < -0.4 is 5.32 Å². The summed E-state index contributed by atoms with van der Waals surface area (Å²) in [6, 6.07) is 9.71. The molecule has 1 N–H and O–H groups in total. The van der Waals surface area contributed by atoms with Crippen molar-refractivity contribution in [2.75, 3.05) is 13.1 Å². The fraction of sp³-hybridized carbons (Fsp3) is 0.444. The summed E-state index contributed by atoms with van der Waals surface area (Å²) < 4.78 is 0. The van der Waals surface area contributed by atoms with Crippen LogP contribution in [0.4, 0.5) is 0 Å². The van der Waals surface area contributed by atoms with E-state index < -0.39 is 0 Å². The first kappa shape index (κ1) is 13.5. The number of nitrogens with zero attached hydrogens (tertiary/aromatic N) is 1. The van der Waals surface area contributed by atoms with Crippen molar-refractivity contribution in [1.29, 1.82) is 0 Å². The van der Waals surface area contributed by atoms with Crippen LogP contribution in [0, 0.1) is 0 Å². The molecule has 1 aromatic carbocycles. The highest BCUT2D eigenvalue weighted by molar-refractivity contribution is 7.10. The molecular formula is C18H22N2S. The summed E-state index contributed by atoms with van der Waals surface area (Å²) in [5.41, 5.74) is 6.19. The van der Waals surface area contributed by atoms with Gasteiger partial charge in [-0.15, -0.1) is 11.3 Å². The zero-order valence-corrected chi connectivity index (χ0v) is 13.4. The van der Waals surface area contributed by atoms with Gasteiger partial charge < -0.3 is 5.32 Å². The minimum absolute atomic E-state index is 0.553. The molecule has 2 nitrogen and oxygen atoms in total. The molecule has 2 aliphatic rings. The molecule has 0 spiro atoms. The molecular weight excluding hydrogens is 276 g/mol. The molecule has 0 radical (unpaired) electrons. The van der Waals surface area contributed by atoms with Gasteiger partial charge in [-0.3, -0.25) is 4.90 Å². The Bertz CT molecular complexity index is 646. The minimum Gasteiger partial charge on any atom is -0.312 e. The second-order valence-electron chi connectivity index (χ2n) is 6.18. The maximum absolute atomic E-state index is 3.48. The van der Waals surface area contributed by atoms with Gasteiger partial charge in [0.25, 0.3) is 0 Å². The Labute approximate surface area is 130 Å². The fourth-order valence-electron chi connectivity index (χ4n) is 3.76. The molecule has 21 heavy (non-hydrogen) atoms. The van der Waals surface area contributed by atoms with Crippen molar-refractivity contribution < 1.29 is 0 Å². The van der Waals surface area contributed by atoms with E-state index in [1.54, 1.807) is 21.6 Å². The molecule has 110 valence electrons. The molecule has 0 fully saturated rings. The van der Waals surface area contributed by atoms with Gasteiger partial charge in [0.2, 0.25) is 0 Å². The van der Waals surface area contributed by atoms with Crippen LogP contribution >= 0.6 is 11.3 Å². The number of benzene rings is 1. The summed E-state index contributed by atoms with van der Waals surface area (Å²) in [7, 11) is 0. The van der Waals surface area contributed by atoms with Gasteiger partial charge in [-0.2, -0.15) is 0 Å². The van der Waals surface area contributed by atoms with Gasteiger partial charge in [0.05, 0.1) is 0 Å². The quantitative estimate of drug-likeness (QED) is 0.912. The molecule has 0 bridgehead atoms. The predicted octanol–water partition coefficient (Wildman–Crippen LogP) is 3.51. The largest absolute Gasteiger partial charge is 0.312 e. The number of hydrogen-bond acceptors (Lipinski definition) is 3. The first-order valence-corrected chi connectivity index (χ1v) is 8.81. The van der Waals surface area contributed by atoms with Gasteiger partial charge in [-0.05, 0) is 60.0 Å². The Morgan fingerprint density at radius 1 is 1.29 bits per heavy atom. The van der Waals surface area contributed by atoms with Crippen LogP contribution in [0.3, 0.4) is 0 Å². The summed E-state index contributed by atoms with van der Waals surface area (Å²) in [4.78, 5) is 4.24. The number of thiophene rings is 1. The second kappa shape index (κ2) is 5.56. The fourth-order valence-corrected chi connectivity index (χ4v) is 4.72. The van der Waals surface area contributed by atoms with Gasteiger partial charge in [-0.25, -0.2) is 0 Å². The molecule has 3 heterocycles. The van der Waals surface area contributed by atoms with Gasteiger partial charge in [0, 0.05) is 30.6 Å². The first-order valence-electron chi connectivity index (χ1n) is 7.93. The van der Waals surface area contributed by atoms with E-state index in [9.17, 15) is 0 Å². The Morgan fingerprint density at radius 3 is 3.19 bits per heavy atom. The average molecular weight is 298 g/mol. The number of fused-ring (bicyclic) bond motifs is 2. The summed E-state index contributed by atoms with van der Waals surface area (Å²) in [6.45, 7) is 6.81. The van der Waals surface area contributed by atoms with Crippen molar-refractivity contribution in [3.05, 3.63) is 56.8 Å². The van der Waals surface area contributed by atoms with Crippen molar-refractivity contribution in [3.8, 4) is 0 Å². The van der Waals surface area contributed by atoms with E-state index in [2.05, 4.69) is 46.8 Å². The topological polar surface area (TPSA) is 15.3 Å². The van der Waals surface area contributed by atoms with Gasteiger partial charge in [0.1, 0.15) is 0 Å². The highest BCUT2D eigenvalue weighted by Crippen LogP contribution is 2.34. The SMILES string of the molecule is CC1c2ccsc2CCN1Cc1cccc2c1CCNC2. The normalized spacial score (nSPS) is 21.9. The van der Waals surface area contributed by atoms with Crippen molar-refractivity contribution >= 4 is 11.3 Å². The highest BCUT2D eigenvalue weighted by Gasteiger charge is 2.25. The van der Waals surface area contributed by atoms with E-state index >= 15 is 0 Å². The second-order valence-corrected chi connectivity index (χ2v) is 7.18. The molecule has 3 heteroatoms. The lowest BCUT2D eigenvalue weighted by atomic mass is 9.94. The third-order valence-electron chi connectivity index (χ3n) is 5.01. The Balaban J connectivity index is 1.60. The maximum Gasteiger partial charge on any atom is 0.0334 e. The number of nitrogens with one attached hydrogen (secondary N) is 1.